The Morgan fingerprint density at radius 3 is 2.69 bits per heavy atom. The molecule has 0 aliphatic rings. The van der Waals surface area contributed by atoms with Gasteiger partial charge in [0, 0.05) is 11.5 Å². The molecule has 0 aliphatic carbocycles. The van der Waals surface area contributed by atoms with Crippen LogP contribution in [0.4, 0.5) is 5.69 Å². The van der Waals surface area contributed by atoms with Gasteiger partial charge in [-0.3, -0.25) is 14.4 Å². The van der Waals surface area contributed by atoms with Crippen LogP contribution in [0.15, 0.2) is 46.9 Å². The fraction of sp³-hybridized carbons (Fsp3) is 0.167. The van der Waals surface area contributed by atoms with E-state index in [4.69, 9.17) is 16.3 Å². The summed E-state index contributed by atoms with van der Waals surface area (Å²) in [5.41, 5.74) is 0.799. The van der Waals surface area contributed by atoms with Gasteiger partial charge in [-0.15, -0.1) is 0 Å². The lowest BCUT2D eigenvalue weighted by Crippen LogP contribution is -2.37. The number of nitrogens with zero attached hydrogens (tertiary/aromatic N) is 1. The highest BCUT2D eigenvalue weighted by molar-refractivity contribution is 9.10. The summed E-state index contributed by atoms with van der Waals surface area (Å²) in [6.45, 7) is -0.452. The van der Waals surface area contributed by atoms with E-state index in [0.29, 0.717) is 28.3 Å². The molecule has 2 rings (SSSR count). The van der Waals surface area contributed by atoms with Gasteiger partial charge in [0.1, 0.15) is 5.75 Å². The zero-order valence-corrected chi connectivity index (χ0v) is 16.2. The van der Waals surface area contributed by atoms with E-state index in [1.54, 1.807) is 42.5 Å². The molecule has 0 aromatic heterocycles. The van der Waals surface area contributed by atoms with Crippen LogP contribution in [0.5, 0.6) is 5.75 Å². The van der Waals surface area contributed by atoms with E-state index >= 15 is 0 Å². The number of nitrogens with one attached hydrogen (secondary N) is 1. The Morgan fingerprint density at radius 1 is 1.27 bits per heavy atom. The second kappa shape index (κ2) is 9.35. The predicted molar refractivity (Wildman–Crippen MR) is 103 cm³/mol. The Balaban J connectivity index is 1.88. The largest absolute Gasteiger partial charge is 0.483 e. The van der Waals surface area contributed by atoms with E-state index in [2.05, 4.69) is 21.2 Å². The Kier molecular flexibility index (Phi) is 7.17. The van der Waals surface area contributed by atoms with Crippen LogP contribution >= 0.6 is 27.5 Å². The third-order valence-electron chi connectivity index (χ3n) is 3.40. The molecule has 0 saturated heterocycles. The van der Waals surface area contributed by atoms with Crippen LogP contribution in [0.25, 0.3) is 0 Å². The lowest BCUT2D eigenvalue weighted by molar-refractivity contribution is -0.135. The fourth-order valence-electron chi connectivity index (χ4n) is 2.05. The molecular weight excluding hydrogens is 424 g/mol. The van der Waals surface area contributed by atoms with Gasteiger partial charge in [0.2, 0.25) is 5.91 Å². The summed E-state index contributed by atoms with van der Waals surface area (Å²) in [6.07, 6.45) is 0.644. The zero-order chi connectivity index (χ0) is 19.1. The predicted octanol–water partition coefficient (Wildman–Crippen LogP) is 3.39. The van der Waals surface area contributed by atoms with Gasteiger partial charge in [-0.05, 0) is 30.3 Å². The van der Waals surface area contributed by atoms with E-state index in [9.17, 15) is 14.4 Å². The number of halogens is 2. The minimum Gasteiger partial charge on any atom is -0.483 e. The maximum absolute atomic E-state index is 12.1. The zero-order valence-electron chi connectivity index (χ0n) is 13.9. The van der Waals surface area contributed by atoms with Crippen LogP contribution < -0.4 is 10.1 Å². The first kappa shape index (κ1) is 19.9. The third-order valence-corrected chi connectivity index (χ3v) is 4.23. The SMILES string of the molecule is CN(CC(=O)Nc1ccccc1Cl)C(=O)COc1ccc(Br)cc1C=O. The van der Waals surface area contributed by atoms with Crippen molar-refractivity contribution in [1.82, 2.24) is 4.90 Å². The van der Waals surface area contributed by atoms with E-state index in [1.165, 1.54) is 11.9 Å². The Hall–Kier alpha value is -2.38. The van der Waals surface area contributed by atoms with Gasteiger partial charge in [-0.1, -0.05) is 39.7 Å². The minimum atomic E-state index is -0.404. The quantitative estimate of drug-likeness (QED) is 0.671. The molecule has 0 aliphatic heterocycles. The third kappa shape index (κ3) is 5.57. The maximum atomic E-state index is 12.1. The second-order valence-electron chi connectivity index (χ2n) is 5.37. The monoisotopic (exact) mass is 438 g/mol. The summed E-state index contributed by atoms with van der Waals surface area (Å²) in [4.78, 5) is 36.4. The molecular formula is C18H16BrClN2O4. The van der Waals surface area contributed by atoms with Gasteiger partial charge in [-0.25, -0.2) is 0 Å². The molecule has 2 aromatic carbocycles. The molecule has 2 amide bonds. The average Bonchev–Trinajstić information content (AvgIpc) is 2.62. The number of carbonyl (C=O) groups is 3. The first-order valence-corrected chi connectivity index (χ1v) is 8.73. The molecule has 0 fully saturated rings. The number of carbonyl (C=O) groups excluding carboxylic acids is 3. The van der Waals surface area contributed by atoms with Crippen molar-refractivity contribution >= 4 is 51.3 Å². The lowest BCUT2D eigenvalue weighted by atomic mass is 10.2. The van der Waals surface area contributed by atoms with Gasteiger partial charge >= 0.3 is 0 Å². The van der Waals surface area contributed by atoms with Gasteiger partial charge in [0.25, 0.3) is 5.91 Å². The van der Waals surface area contributed by atoms with Crippen molar-refractivity contribution in [3.63, 3.8) is 0 Å². The molecule has 0 unspecified atom stereocenters. The lowest BCUT2D eigenvalue weighted by Gasteiger charge is -2.18. The van der Waals surface area contributed by atoms with Crippen molar-refractivity contribution in [3.8, 4) is 5.75 Å². The van der Waals surface area contributed by atoms with E-state index in [0.717, 1.165) is 4.47 Å². The topological polar surface area (TPSA) is 75.7 Å². The second-order valence-corrected chi connectivity index (χ2v) is 6.69. The van der Waals surface area contributed by atoms with Gasteiger partial charge < -0.3 is 15.0 Å². The first-order chi connectivity index (χ1) is 12.4. The van der Waals surface area contributed by atoms with Gasteiger partial charge in [0.15, 0.2) is 12.9 Å². The van der Waals surface area contributed by atoms with Crippen molar-refractivity contribution in [2.24, 2.45) is 0 Å². The highest BCUT2D eigenvalue weighted by atomic mass is 79.9. The van der Waals surface area contributed by atoms with E-state index in [-0.39, 0.29) is 19.1 Å². The van der Waals surface area contributed by atoms with Crippen LogP contribution in [0.1, 0.15) is 10.4 Å². The van der Waals surface area contributed by atoms with Crippen LogP contribution in [0.2, 0.25) is 5.02 Å². The van der Waals surface area contributed by atoms with Gasteiger partial charge in [-0.2, -0.15) is 0 Å². The molecule has 0 saturated carbocycles. The summed E-state index contributed by atoms with van der Waals surface area (Å²) in [5.74, 6) is -0.490. The molecule has 0 heterocycles. The highest BCUT2D eigenvalue weighted by Gasteiger charge is 2.15. The van der Waals surface area contributed by atoms with Crippen molar-refractivity contribution in [1.29, 1.82) is 0 Å². The molecule has 0 atom stereocenters. The van der Waals surface area contributed by atoms with E-state index < -0.39 is 5.91 Å². The summed E-state index contributed by atoms with van der Waals surface area (Å²) >= 11 is 9.23. The molecule has 0 spiro atoms. The van der Waals surface area contributed by atoms with Crippen molar-refractivity contribution in [2.45, 2.75) is 0 Å². The molecule has 1 N–H and O–H groups in total. The number of hydrogen-bond acceptors (Lipinski definition) is 4. The summed E-state index contributed by atoms with van der Waals surface area (Å²) in [6, 6.07) is 11.7. The molecule has 6 nitrogen and oxygen atoms in total. The maximum Gasteiger partial charge on any atom is 0.260 e. The van der Waals surface area contributed by atoms with Gasteiger partial charge in [0.05, 0.1) is 22.8 Å². The van der Waals surface area contributed by atoms with Crippen molar-refractivity contribution in [2.75, 3.05) is 25.5 Å². The minimum absolute atomic E-state index is 0.158. The molecule has 2 aromatic rings. The Labute approximate surface area is 164 Å². The molecule has 26 heavy (non-hydrogen) atoms. The average molecular weight is 440 g/mol. The van der Waals surface area contributed by atoms with Crippen molar-refractivity contribution in [3.05, 3.63) is 57.5 Å². The number of benzene rings is 2. The number of aldehydes is 1. The molecule has 136 valence electrons. The summed E-state index contributed by atoms with van der Waals surface area (Å²) in [5, 5.41) is 3.05. The first-order valence-electron chi connectivity index (χ1n) is 7.56. The fourth-order valence-corrected chi connectivity index (χ4v) is 2.61. The number of anilines is 1. The Morgan fingerprint density at radius 2 is 2.00 bits per heavy atom. The van der Waals surface area contributed by atoms with Crippen LogP contribution in [-0.2, 0) is 9.59 Å². The highest BCUT2D eigenvalue weighted by Crippen LogP contribution is 2.22. The molecule has 0 radical (unpaired) electrons. The van der Waals surface area contributed by atoms with E-state index in [1.807, 2.05) is 0 Å². The number of rotatable bonds is 7. The normalized spacial score (nSPS) is 10.1. The smallest absolute Gasteiger partial charge is 0.260 e. The number of para-hydroxylation sites is 1. The summed E-state index contributed by atoms with van der Waals surface area (Å²) < 4.78 is 6.12. The number of amides is 2. The number of likely N-dealkylation sites (N-methyl/N-ethyl adjacent to an activating group) is 1. The standard InChI is InChI=1S/C18H16BrClN2O4/c1-22(9-17(24)21-15-5-3-2-4-14(15)20)18(25)11-26-16-7-6-13(19)8-12(16)10-23/h2-8,10H,9,11H2,1H3,(H,21,24). The molecule has 0 bridgehead atoms. The number of hydrogen-bond donors (Lipinski definition) is 1. The van der Waals surface area contributed by atoms with Crippen LogP contribution in [0, 0.1) is 0 Å². The summed E-state index contributed by atoms with van der Waals surface area (Å²) in [7, 11) is 1.49. The molecule has 8 heteroatoms. The van der Waals surface area contributed by atoms with Crippen LogP contribution in [-0.4, -0.2) is 43.2 Å². The van der Waals surface area contributed by atoms with Crippen molar-refractivity contribution < 1.29 is 19.1 Å². The van der Waals surface area contributed by atoms with Crippen LogP contribution in [0.3, 0.4) is 0 Å². The Bertz CT molecular complexity index is 829. The number of ether oxygens (including phenoxy) is 1.